The fraction of sp³-hybridized carbons (Fsp3) is 0.435. The Morgan fingerprint density at radius 3 is 2.77 bits per heavy atom. The van der Waals surface area contributed by atoms with E-state index in [4.69, 9.17) is 9.47 Å². The van der Waals surface area contributed by atoms with Crippen LogP contribution in [-0.4, -0.2) is 31.9 Å². The molecule has 0 bridgehead atoms. The number of guanidine groups is 1. The highest BCUT2D eigenvalue weighted by molar-refractivity contribution is 14.0. The van der Waals surface area contributed by atoms with Gasteiger partial charge in [0.25, 0.3) is 0 Å². The quantitative estimate of drug-likeness (QED) is 0.303. The van der Waals surface area contributed by atoms with Crippen molar-refractivity contribution in [3.05, 3.63) is 65.0 Å². The fourth-order valence-corrected chi connectivity index (χ4v) is 3.38. The van der Waals surface area contributed by atoms with Crippen LogP contribution in [-0.2, 0) is 24.2 Å². The number of aryl methyl sites for hydroxylation is 1. The van der Waals surface area contributed by atoms with Gasteiger partial charge in [0.15, 0.2) is 12.8 Å². The molecule has 1 aliphatic heterocycles. The van der Waals surface area contributed by atoms with Gasteiger partial charge in [-0.3, -0.25) is 4.99 Å². The summed E-state index contributed by atoms with van der Waals surface area (Å²) in [5.41, 5.74) is 2.93. The first kappa shape index (κ1) is 24.4. The molecule has 0 aromatic heterocycles. The van der Waals surface area contributed by atoms with E-state index in [9.17, 15) is 4.39 Å². The van der Waals surface area contributed by atoms with E-state index in [-0.39, 0.29) is 42.6 Å². The molecule has 1 aliphatic rings. The predicted octanol–water partition coefficient (Wildman–Crippen LogP) is 4.43. The number of ether oxygens (including phenoxy) is 2. The molecule has 2 N–H and O–H groups in total. The van der Waals surface area contributed by atoms with Crippen LogP contribution >= 0.6 is 24.0 Å². The highest BCUT2D eigenvalue weighted by atomic mass is 127. The van der Waals surface area contributed by atoms with Gasteiger partial charge in [-0.05, 0) is 56.4 Å². The molecule has 2 aromatic rings. The zero-order chi connectivity index (χ0) is 20.5. The van der Waals surface area contributed by atoms with Crippen LogP contribution in [0.25, 0.3) is 0 Å². The minimum atomic E-state index is -0.267. The molecule has 0 saturated heterocycles. The minimum Gasteiger partial charge on any atom is -0.467 e. The van der Waals surface area contributed by atoms with Crippen molar-refractivity contribution in [3.63, 3.8) is 0 Å². The van der Waals surface area contributed by atoms with Crippen LogP contribution in [0.15, 0.2) is 47.5 Å². The summed E-state index contributed by atoms with van der Waals surface area (Å²) in [5.74, 6) is 1.25. The Labute approximate surface area is 195 Å². The Hall–Kier alpha value is -1.87. The fourth-order valence-electron chi connectivity index (χ4n) is 3.38. The molecule has 2 aromatic carbocycles. The molecule has 1 heterocycles. The normalized spacial score (nSPS) is 14.2. The van der Waals surface area contributed by atoms with Crippen LogP contribution in [0.5, 0.6) is 5.75 Å². The summed E-state index contributed by atoms with van der Waals surface area (Å²) in [4.78, 5) is 4.67. The highest BCUT2D eigenvalue weighted by Crippen LogP contribution is 2.29. The third kappa shape index (κ3) is 7.43. The maximum absolute atomic E-state index is 13.9. The minimum absolute atomic E-state index is 0. The standard InChI is InChI=1S/C23H30FN3O2.HI/c1-3-25-23(27-17(2)9-10-18-7-5-4-6-8-18)26-12-11-19-13-21(24)14-20-15-28-16-29-22(19)20;/h4-8,13-14,17H,3,9-12,15-16H2,1-2H3,(H2,25,26,27);1H. The van der Waals surface area contributed by atoms with Gasteiger partial charge in [0.2, 0.25) is 0 Å². The van der Waals surface area contributed by atoms with Crippen molar-refractivity contribution in [3.8, 4) is 5.75 Å². The monoisotopic (exact) mass is 527 g/mol. The number of nitrogens with zero attached hydrogens (tertiary/aromatic N) is 1. The predicted molar refractivity (Wildman–Crippen MR) is 129 cm³/mol. The van der Waals surface area contributed by atoms with Gasteiger partial charge in [0.1, 0.15) is 11.6 Å². The Morgan fingerprint density at radius 2 is 2.00 bits per heavy atom. The molecule has 7 heteroatoms. The summed E-state index contributed by atoms with van der Waals surface area (Å²) < 4.78 is 24.7. The smallest absolute Gasteiger partial charge is 0.191 e. The molecule has 5 nitrogen and oxygen atoms in total. The molecule has 1 atom stereocenters. The van der Waals surface area contributed by atoms with E-state index < -0.39 is 0 Å². The summed E-state index contributed by atoms with van der Waals surface area (Å²) in [6.07, 6.45) is 2.64. The number of nitrogens with one attached hydrogen (secondary N) is 2. The second kappa shape index (κ2) is 12.7. The molecular weight excluding hydrogens is 496 g/mol. The van der Waals surface area contributed by atoms with Crippen molar-refractivity contribution in [1.82, 2.24) is 10.6 Å². The van der Waals surface area contributed by atoms with Crippen molar-refractivity contribution in [2.45, 2.75) is 45.8 Å². The van der Waals surface area contributed by atoms with Gasteiger partial charge < -0.3 is 20.1 Å². The third-order valence-corrected chi connectivity index (χ3v) is 4.84. The van der Waals surface area contributed by atoms with Crippen molar-refractivity contribution in [2.24, 2.45) is 4.99 Å². The van der Waals surface area contributed by atoms with E-state index in [1.807, 2.05) is 13.0 Å². The number of hydrogen-bond donors (Lipinski definition) is 2. The number of halogens is 2. The zero-order valence-electron chi connectivity index (χ0n) is 17.6. The Bertz CT molecular complexity index is 818. The lowest BCUT2D eigenvalue weighted by Crippen LogP contribution is -2.42. The molecule has 0 fully saturated rings. The second-order valence-electron chi connectivity index (χ2n) is 7.24. The number of fused-ring (bicyclic) bond motifs is 1. The SMILES string of the molecule is CCNC(=NCCc1cc(F)cc2c1OCOC2)NC(C)CCc1ccccc1.I. The van der Waals surface area contributed by atoms with Crippen LogP contribution in [0.2, 0.25) is 0 Å². The van der Waals surface area contributed by atoms with Crippen molar-refractivity contribution < 1.29 is 13.9 Å². The Balaban J connectivity index is 0.00000320. The van der Waals surface area contributed by atoms with Crippen molar-refractivity contribution >= 4 is 29.9 Å². The molecule has 0 aliphatic carbocycles. The summed E-state index contributed by atoms with van der Waals surface area (Å²) in [5, 5.41) is 6.75. The van der Waals surface area contributed by atoms with Gasteiger partial charge in [0, 0.05) is 24.7 Å². The molecule has 30 heavy (non-hydrogen) atoms. The maximum atomic E-state index is 13.9. The highest BCUT2D eigenvalue weighted by Gasteiger charge is 2.16. The first-order valence-electron chi connectivity index (χ1n) is 10.3. The lowest BCUT2D eigenvalue weighted by atomic mass is 10.1. The molecule has 0 amide bonds. The third-order valence-electron chi connectivity index (χ3n) is 4.84. The molecule has 0 saturated carbocycles. The molecule has 0 radical (unpaired) electrons. The Kier molecular flexibility index (Phi) is 10.4. The number of aliphatic imine (C=N–C) groups is 1. The second-order valence-corrected chi connectivity index (χ2v) is 7.24. The van der Waals surface area contributed by atoms with Gasteiger partial charge >= 0.3 is 0 Å². The molecular formula is C23H31FIN3O2. The number of hydrogen-bond acceptors (Lipinski definition) is 3. The van der Waals surface area contributed by atoms with Crippen LogP contribution in [0.1, 0.15) is 37.0 Å². The number of benzene rings is 2. The molecule has 3 rings (SSSR count). The first-order chi connectivity index (χ1) is 14.2. The van der Waals surface area contributed by atoms with E-state index in [1.54, 1.807) is 0 Å². The van der Waals surface area contributed by atoms with Gasteiger partial charge in [0.05, 0.1) is 6.61 Å². The lowest BCUT2D eigenvalue weighted by molar-refractivity contribution is -0.0172. The Morgan fingerprint density at radius 1 is 1.20 bits per heavy atom. The summed E-state index contributed by atoms with van der Waals surface area (Å²) >= 11 is 0. The van der Waals surface area contributed by atoms with E-state index >= 15 is 0 Å². The summed E-state index contributed by atoms with van der Waals surface area (Å²) in [6.45, 7) is 6.12. The maximum Gasteiger partial charge on any atom is 0.191 e. The van der Waals surface area contributed by atoms with Crippen LogP contribution in [0.3, 0.4) is 0 Å². The largest absolute Gasteiger partial charge is 0.467 e. The van der Waals surface area contributed by atoms with Crippen LogP contribution in [0, 0.1) is 5.82 Å². The molecule has 0 spiro atoms. The zero-order valence-corrected chi connectivity index (χ0v) is 19.9. The van der Waals surface area contributed by atoms with Gasteiger partial charge in [-0.1, -0.05) is 30.3 Å². The summed E-state index contributed by atoms with van der Waals surface area (Å²) in [7, 11) is 0. The van der Waals surface area contributed by atoms with Crippen LogP contribution < -0.4 is 15.4 Å². The van der Waals surface area contributed by atoms with Gasteiger partial charge in [-0.2, -0.15) is 0 Å². The van der Waals surface area contributed by atoms with Gasteiger partial charge in [-0.25, -0.2) is 4.39 Å². The molecule has 164 valence electrons. The lowest BCUT2D eigenvalue weighted by Gasteiger charge is -2.21. The van der Waals surface area contributed by atoms with Gasteiger partial charge in [-0.15, -0.1) is 24.0 Å². The van der Waals surface area contributed by atoms with Crippen molar-refractivity contribution in [2.75, 3.05) is 19.9 Å². The van der Waals surface area contributed by atoms with E-state index in [0.29, 0.717) is 19.6 Å². The van der Waals surface area contributed by atoms with E-state index in [2.05, 4.69) is 46.8 Å². The van der Waals surface area contributed by atoms with Crippen LogP contribution in [0.4, 0.5) is 4.39 Å². The number of rotatable bonds is 8. The molecule has 1 unspecified atom stereocenters. The first-order valence-corrected chi connectivity index (χ1v) is 10.3. The van der Waals surface area contributed by atoms with Crippen molar-refractivity contribution in [1.29, 1.82) is 0 Å². The topological polar surface area (TPSA) is 54.9 Å². The average Bonchev–Trinajstić information content (AvgIpc) is 2.73. The van der Waals surface area contributed by atoms with E-state index in [0.717, 1.165) is 42.2 Å². The summed E-state index contributed by atoms with van der Waals surface area (Å²) in [6, 6.07) is 13.8. The average molecular weight is 527 g/mol. The van der Waals surface area contributed by atoms with E-state index in [1.165, 1.54) is 17.7 Å².